The van der Waals surface area contributed by atoms with Crippen LogP contribution in [0.15, 0.2) is 30.4 Å². The van der Waals surface area contributed by atoms with Crippen molar-refractivity contribution in [2.24, 2.45) is 23.5 Å². The summed E-state index contributed by atoms with van der Waals surface area (Å²) in [5, 5.41) is 15.9. The van der Waals surface area contributed by atoms with Gasteiger partial charge >= 0.3 is 0 Å². The van der Waals surface area contributed by atoms with Gasteiger partial charge in [0.2, 0.25) is 11.8 Å². The molecule has 4 atom stereocenters. The Hall–Kier alpha value is -3.20. The van der Waals surface area contributed by atoms with Gasteiger partial charge in [0.05, 0.1) is 5.69 Å². The highest BCUT2D eigenvalue weighted by molar-refractivity contribution is 6.12. The van der Waals surface area contributed by atoms with E-state index < -0.39 is 0 Å². The minimum Gasteiger partial charge on any atom is -0.506 e. The molecule has 204 valence electrons. The maximum Gasteiger partial charge on any atom is 0.253 e. The zero-order valence-electron chi connectivity index (χ0n) is 22.5. The quantitative estimate of drug-likeness (QED) is 0.209. The first-order chi connectivity index (χ1) is 17.5. The van der Waals surface area contributed by atoms with Crippen molar-refractivity contribution in [3.8, 4) is 5.75 Å². The van der Waals surface area contributed by atoms with Gasteiger partial charge in [-0.05, 0) is 55.2 Å². The number of amides is 4. The molecular formula is C28H42N4O5. The number of phenols is 1. The van der Waals surface area contributed by atoms with E-state index in [1.807, 2.05) is 6.92 Å². The molecule has 9 nitrogen and oxygen atoms in total. The van der Waals surface area contributed by atoms with E-state index in [0.29, 0.717) is 37.6 Å². The van der Waals surface area contributed by atoms with Gasteiger partial charge in [0.1, 0.15) is 5.75 Å². The van der Waals surface area contributed by atoms with Gasteiger partial charge in [-0.1, -0.05) is 40.2 Å². The summed E-state index contributed by atoms with van der Waals surface area (Å²) in [5.41, 5.74) is 7.42. The van der Waals surface area contributed by atoms with Crippen molar-refractivity contribution in [2.75, 3.05) is 18.4 Å². The number of hydrogen-bond acceptors (Lipinski definition) is 6. The zero-order valence-corrected chi connectivity index (χ0v) is 22.5. The smallest absolute Gasteiger partial charge is 0.253 e. The van der Waals surface area contributed by atoms with E-state index in [4.69, 9.17) is 5.73 Å². The van der Waals surface area contributed by atoms with E-state index in [-0.39, 0.29) is 60.0 Å². The van der Waals surface area contributed by atoms with Crippen molar-refractivity contribution >= 4 is 29.3 Å². The highest BCUT2D eigenvalue weighted by atomic mass is 16.3. The van der Waals surface area contributed by atoms with Crippen LogP contribution < -0.4 is 16.4 Å². The molecule has 0 aliphatic carbocycles. The average molecular weight is 515 g/mol. The Morgan fingerprint density at radius 1 is 1.08 bits per heavy atom. The summed E-state index contributed by atoms with van der Waals surface area (Å²) in [5.74, 6) is -0.205. The molecule has 1 aromatic rings. The van der Waals surface area contributed by atoms with Crippen LogP contribution in [0.25, 0.3) is 0 Å². The summed E-state index contributed by atoms with van der Waals surface area (Å²) in [6.45, 7) is 9.30. The van der Waals surface area contributed by atoms with E-state index >= 15 is 0 Å². The Morgan fingerprint density at radius 2 is 1.76 bits per heavy atom. The van der Waals surface area contributed by atoms with E-state index in [0.717, 1.165) is 23.3 Å². The molecule has 0 radical (unpaired) electrons. The molecule has 1 heterocycles. The van der Waals surface area contributed by atoms with Crippen LogP contribution in [-0.2, 0) is 25.6 Å². The monoisotopic (exact) mass is 514 g/mol. The number of nitrogens with two attached hydrogens (primary N) is 1. The van der Waals surface area contributed by atoms with E-state index in [2.05, 4.69) is 31.4 Å². The number of phenolic OH excluding ortho intramolecular Hbond substituents is 1. The number of imide groups is 1. The second-order valence-electron chi connectivity index (χ2n) is 10.2. The van der Waals surface area contributed by atoms with E-state index in [9.17, 15) is 24.3 Å². The summed E-state index contributed by atoms with van der Waals surface area (Å²) >= 11 is 0. The summed E-state index contributed by atoms with van der Waals surface area (Å²) < 4.78 is 0. The molecule has 0 saturated heterocycles. The van der Waals surface area contributed by atoms with Gasteiger partial charge < -0.3 is 21.5 Å². The molecule has 0 spiro atoms. The molecular weight excluding hydrogens is 472 g/mol. The highest BCUT2D eigenvalue weighted by Gasteiger charge is 2.23. The largest absolute Gasteiger partial charge is 0.506 e. The SMILES string of the molecule is CCC(C)C(C)CCNC(=O)C(C)C[C@@H](N)Cc1ccc(O)c(NC(=O)CCCN2C(=O)C=CC2=O)c1. The molecule has 2 rings (SSSR count). The number of nitrogens with zero attached hydrogens (tertiary/aromatic N) is 1. The van der Waals surface area contributed by atoms with Crippen LogP contribution in [0.1, 0.15) is 65.4 Å². The molecule has 1 aromatic carbocycles. The lowest BCUT2D eigenvalue weighted by Gasteiger charge is -2.20. The maximum atomic E-state index is 12.5. The van der Waals surface area contributed by atoms with Crippen LogP contribution in [0.2, 0.25) is 0 Å². The molecule has 1 aliphatic heterocycles. The van der Waals surface area contributed by atoms with Crippen molar-refractivity contribution < 1.29 is 24.3 Å². The molecule has 0 fully saturated rings. The number of rotatable bonds is 15. The fraction of sp³-hybridized carbons (Fsp3) is 0.571. The lowest BCUT2D eigenvalue weighted by Crippen LogP contribution is -2.35. The molecule has 0 bridgehead atoms. The van der Waals surface area contributed by atoms with Gasteiger partial charge in [-0.15, -0.1) is 0 Å². The summed E-state index contributed by atoms with van der Waals surface area (Å²) in [6.07, 6.45) is 5.89. The number of hydrogen-bond donors (Lipinski definition) is 4. The Balaban J connectivity index is 1.79. The molecule has 5 N–H and O–H groups in total. The third-order valence-electron chi connectivity index (χ3n) is 7.14. The minimum absolute atomic E-state index is 0.00132. The molecule has 4 amide bonds. The average Bonchev–Trinajstić information content (AvgIpc) is 3.17. The predicted octanol–water partition coefficient (Wildman–Crippen LogP) is 3.12. The van der Waals surface area contributed by atoms with Gasteiger partial charge in [-0.25, -0.2) is 0 Å². The predicted molar refractivity (Wildman–Crippen MR) is 144 cm³/mol. The molecule has 0 aromatic heterocycles. The third-order valence-corrected chi connectivity index (χ3v) is 7.14. The van der Waals surface area contributed by atoms with Crippen LogP contribution >= 0.6 is 0 Å². The number of nitrogens with one attached hydrogen (secondary N) is 2. The summed E-state index contributed by atoms with van der Waals surface area (Å²) in [4.78, 5) is 49.1. The molecule has 3 unspecified atom stereocenters. The van der Waals surface area contributed by atoms with Crippen molar-refractivity contribution in [1.82, 2.24) is 10.2 Å². The van der Waals surface area contributed by atoms with Crippen molar-refractivity contribution in [1.29, 1.82) is 0 Å². The van der Waals surface area contributed by atoms with Gasteiger partial charge in [0.25, 0.3) is 11.8 Å². The Labute approximate surface area is 219 Å². The first-order valence-electron chi connectivity index (χ1n) is 13.2. The highest BCUT2D eigenvalue weighted by Crippen LogP contribution is 2.26. The van der Waals surface area contributed by atoms with Crippen molar-refractivity contribution in [3.05, 3.63) is 35.9 Å². The molecule has 9 heteroatoms. The first kappa shape index (κ1) is 30.0. The topological polar surface area (TPSA) is 142 Å². The zero-order chi connectivity index (χ0) is 27.5. The fourth-order valence-electron chi connectivity index (χ4n) is 4.30. The molecule has 1 aliphatic rings. The first-order valence-corrected chi connectivity index (χ1v) is 13.2. The number of carbonyl (C=O) groups is 4. The van der Waals surface area contributed by atoms with Crippen LogP contribution in [0.4, 0.5) is 5.69 Å². The standard InChI is InChI=1S/C28H42N4O5/c1-5-18(2)19(3)12-13-30-28(37)20(4)15-22(29)16-21-8-9-24(33)23(17-21)31-25(34)7-6-14-32-26(35)10-11-27(32)36/h8-11,17-20,22,33H,5-7,12-16,29H2,1-4H3,(H,30,37)(H,31,34)/t18?,19?,20?,22-/m1/s1. The van der Waals surface area contributed by atoms with E-state index in [1.54, 1.807) is 12.1 Å². The van der Waals surface area contributed by atoms with Crippen LogP contribution in [-0.4, -0.2) is 52.8 Å². The Kier molecular flexibility index (Phi) is 11.8. The summed E-state index contributed by atoms with van der Waals surface area (Å²) in [6, 6.07) is 4.64. The van der Waals surface area contributed by atoms with Crippen molar-refractivity contribution in [2.45, 2.75) is 72.3 Å². The van der Waals surface area contributed by atoms with Gasteiger partial charge in [-0.2, -0.15) is 0 Å². The number of aromatic hydroxyl groups is 1. The molecule has 0 saturated carbocycles. The minimum atomic E-state index is -0.380. The van der Waals surface area contributed by atoms with Crippen LogP contribution in [0.5, 0.6) is 5.75 Å². The van der Waals surface area contributed by atoms with Gasteiger partial charge in [0, 0.05) is 43.6 Å². The lowest BCUT2D eigenvalue weighted by atomic mass is 9.91. The van der Waals surface area contributed by atoms with Gasteiger partial charge in [0.15, 0.2) is 0 Å². The summed E-state index contributed by atoms with van der Waals surface area (Å²) in [7, 11) is 0. The maximum absolute atomic E-state index is 12.5. The molecule has 37 heavy (non-hydrogen) atoms. The number of anilines is 1. The fourth-order valence-corrected chi connectivity index (χ4v) is 4.30. The third kappa shape index (κ3) is 9.64. The second kappa shape index (κ2) is 14.5. The van der Waals surface area contributed by atoms with Crippen molar-refractivity contribution in [3.63, 3.8) is 0 Å². The number of carbonyl (C=O) groups excluding carboxylic acids is 4. The number of benzene rings is 1. The Bertz CT molecular complexity index is 975. The van der Waals surface area contributed by atoms with Crippen LogP contribution in [0, 0.1) is 17.8 Å². The second-order valence-corrected chi connectivity index (χ2v) is 10.2. The Morgan fingerprint density at radius 3 is 2.41 bits per heavy atom. The van der Waals surface area contributed by atoms with Crippen LogP contribution in [0.3, 0.4) is 0 Å². The van der Waals surface area contributed by atoms with E-state index in [1.165, 1.54) is 18.2 Å². The normalized spacial score (nSPS) is 16.4. The lowest BCUT2D eigenvalue weighted by molar-refractivity contribution is -0.137. The van der Waals surface area contributed by atoms with Gasteiger partial charge in [-0.3, -0.25) is 24.1 Å².